The summed E-state index contributed by atoms with van der Waals surface area (Å²) < 4.78 is 0. The molecule has 0 aliphatic heterocycles. The van der Waals surface area contributed by atoms with Crippen LogP contribution in [0.1, 0.15) is 10.4 Å². The van der Waals surface area contributed by atoms with Crippen LogP contribution in [0.5, 0.6) is 5.75 Å². The second kappa shape index (κ2) is 6.41. The first-order valence-electron chi connectivity index (χ1n) is 6.66. The molecule has 0 spiro atoms. The van der Waals surface area contributed by atoms with Gasteiger partial charge in [-0.1, -0.05) is 23.7 Å². The van der Waals surface area contributed by atoms with E-state index in [0.29, 0.717) is 22.6 Å². The van der Waals surface area contributed by atoms with E-state index in [1.54, 1.807) is 30.3 Å². The van der Waals surface area contributed by atoms with Gasteiger partial charge in [-0.15, -0.1) is 0 Å². The van der Waals surface area contributed by atoms with Crippen molar-refractivity contribution in [1.82, 2.24) is 15.0 Å². The average Bonchev–Trinajstić information content (AvgIpc) is 2.55. The fourth-order valence-electron chi connectivity index (χ4n) is 1.93. The maximum absolute atomic E-state index is 12.1. The molecule has 6 nitrogen and oxygen atoms in total. The fourth-order valence-corrected chi connectivity index (χ4v) is 2.11. The minimum Gasteiger partial charge on any atom is -0.508 e. The van der Waals surface area contributed by atoms with Crippen LogP contribution in [0.4, 0.5) is 5.69 Å². The smallest absolute Gasteiger partial charge is 0.255 e. The molecule has 0 radical (unpaired) electrons. The van der Waals surface area contributed by atoms with Crippen molar-refractivity contribution in [3.63, 3.8) is 0 Å². The molecule has 7 heteroatoms. The van der Waals surface area contributed by atoms with Gasteiger partial charge in [0.2, 0.25) is 0 Å². The number of halogens is 1. The van der Waals surface area contributed by atoms with Crippen LogP contribution in [-0.4, -0.2) is 26.0 Å². The number of benzene rings is 1. The van der Waals surface area contributed by atoms with Crippen LogP contribution < -0.4 is 5.32 Å². The van der Waals surface area contributed by atoms with Gasteiger partial charge in [0.25, 0.3) is 5.91 Å². The quantitative estimate of drug-likeness (QED) is 0.722. The Morgan fingerprint density at radius 3 is 2.57 bits per heavy atom. The highest BCUT2D eigenvalue weighted by molar-refractivity contribution is 6.29. The monoisotopic (exact) mass is 326 g/mol. The molecule has 0 aliphatic rings. The van der Waals surface area contributed by atoms with Crippen LogP contribution in [-0.2, 0) is 0 Å². The van der Waals surface area contributed by atoms with Gasteiger partial charge in [0, 0.05) is 17.3 Å². The Bertz CT molecular complexity index is 853. The van der Waals surface area contributed by atoms with Crippen molar-refractivity contribution in [2.24, 2.45) is 0 Å². The molecule has 1 aromatic carbocycles. The van der Waals surface area contributed by atoms with Crippen molar-refractivity contribution in [3.8, 4) is 17.1 Å². The van der Waals surface area contributed by atoms with Gasteiger partial charge >= 0.3 is 0 Å². The molecule has 0 atom stereocenters. The van der Waals surface area contributed by atoms with Crippen molar-refractivity contribution in [1.29, 1.82) is 0 Å². The van der Waals surface area contributed by atoms with Gasteiger partial charge in [0.15, 0.2) is 5.82 Å². The Labute approximate surface area is 136 Å². The topological polar surface area (TPSA) is 88.0 Å². The fraction of sp³-hybridized carbons (Fsp3) is 0. The van der Waals surface area contributed by atoms with Gasteiger partial charge in [0.05, 0.1) is 18.1 Å². The molecule has 2 aromatic heterocycles. The molecule has 0 saturated heterocycles. The predicted octanol–water partition coefficient (Wildman–Crippen LogP) is 3.15. The lowest BCUT2D eigenvalue weighted by Crippen LogP contribution is -2.12. The summed E-state index contributed by atoms with van der Waals surface area (Å²) in [5.41, 5.74) is 1.53. The van der Waals surface area contributed by atoms with Crippen molar-refractivity contribution in [2.75, 3.05) is 5.32 Å². The predicted molar refractivity (Wildman–Crippen MR) is 86.3 cm³/mol. The second-order valence-electron chi connectivity index (χ2n) is 4.67. The molecule has 3 aromatic rings. The third-order valence-electron chi connectivity index (χ3n) is 3.00. The highest BCUT2D eigenvalue weighted by atomic mass is 35.5. The average molecular weight is 327 g/mol. The molecule has 0 saturated carbocycles. The van der Waals surface area contributed by atoms with E-state index in [1.807, 2.05) is 0 Å². The Kier molecular flexibility index (Phi) is 4.16. The number of phenols is 1. The highest BCUT2D eigenvalue weighted by Gasteiger charge is 2.08. The van der Waals surface area contributed by atoms with E-state index in [9.17, 15) is 9.90 Å². The highest BCUT2D eigenvalue weighted by Crippen LogP contribution is 2.20. The molecule has 0 bridgehead atoms. The van der Waals surface area contributed by atoms with E-state index < -0.39 is 0 Å². The second-order valence-corrected chi connectivity index (χ2v) is 5.05. The molecular weight excluding hydrogens is 316 g/mol. The number of rotatable bonds is 3. The number of nitrogens with zero attached hydrogens (tertiary/aromatic N) is 3. The standard InChI is InChI=1S/C16H11ClN4O2/c17-14-7-11(4-5-18-14)16(23)21-12-8-19-15(20-9-12)10-2-1-3-13(22)6-10/h1-9,22H,(H,21,23). The molecule has 0 fully saturated rings. The van der Waals surface area contributed by atoms with Crippen LogP contribution in [0.15, 0.2) is 55.0 Å². The first kappa shape index (κ1) is 14.9. The van der Waals surface area contributed by atoms with E-state index in [-0.39, 0.29) is 16.8 Å². The van der Waals surface area contributed by atoms with E-state index in [2.05, 4.69) is 20.3 Å². The third-order valence-corrected chi connectivity index (χ3v) is 3.21. The summed E-state index contributed by atoms with van der Waals surface area (Å²) in [6, 6.07) is 9.65. The van der Waals surface area contributed by atoms with Crippen LogP contribution in [0.2, 0.25) is 5.15 Å². The number of anilines is 1. The van der Waals surface area contributed by atoms with Crippen LogP contribution in [0.3, 0.4) is 0 Å². The number of amides is 1. The summed E-state index contributed by atoms with van der Waals surface area (Å²) in [7, 11) is 0. The Morgan fingerprint density at radius 2 is 1.87 bits per heavy atom. The van der Waals surface area contributed by atoms with Gasteiger partial charge < -0.3 is 10.4 Å². The molecule has 3 rings (SSSR count). The number of hydrogen-bond acceptors (Lipinski definition) is 5. The summed E-state index contributed by atoms with van der Waals surface area (Å²) in [4.78, 5) is 24.3. The van der Waals surface area contributed by atoms with Gasteiger partial charge in [-0.05, 0) is 24.3 Å². The molecule has 2 N–H and O–H groups in total. The summed E-state index contributed by atoms with van der Waals surface area (Å²) in [6.45, 7) is 0. The summed E-state index contributed by atoms with van der Waals surface area (Å²) in [6.07, 6.45) is 4.44. The summed E-state index contributed by atoms with van der Waals surface area (Å²) in [5.74, 6) is 0.256. The molecule has 2 heterocycles. The molecule has 0 unspecified atom stereocenters. The maximum Gasteiger partial charge on any atom is 0.255 e. The summed E-state index contributed by atoms with van der Waals surface area (Å²) in [5, 5.41) is 12.4. The molecule has 1 amide bonds. The van der Waals surface area contributed by atoms with E-state index in [4.69, 9.17) is 11.6 Å². The van der Waals surface area contributed by atoms with Crippen molar-refractivity contribution in [3.05, 3.63) is 65.7 Å². The zero-order chi connectivity index (χ0) is 16.2. The number of carbonyl (C=O) groups is 1. The minimum atomic E-state index is -0.331. The normalized spacial score (nSPS) is 10.3. The Balaban J connectivity index is 1.76. The molecule has 114 valence electrons. The van der Waals surface area contributed by atoms with E-state index >= 15 is 0 Å². The van der Waals surface area contributed by atoms with Crippen LogP contribution in [0.25, 0.3) is 11.4 Å². The number of phenolic OH excluding ortho intramolecular Hbond substituents is 1. The van der Waals surface area contributed by atoms with Gasteiger partial charge in [-0.3, -0.25) is 4.79 Å². The number of carbonyl (C=O) groups excluding carboxylic acids is 1. The maximum atomic E-state index is 12.1. The zero-order valence-electron chi connectivity index (χ0n) is 11.8. The third kappa shape index (κ3) is 3.61. The van der Waals surface area contributed by atoms with Crippen molar-refractivity contribution >= 4 is 23.2 Å². The first-order valence-corrected chi connectivity index (χ1v) is 7.04. The molecule has 0 aliphatic carbocycles. The van der Waals surface area contributed by atoms with Crippen molar-refractivity contribution < 1.29 is 9.90 Å². The molecule has 23 heavy (non-hydrogen) atoms. The van der Waals surface area contributed by atoms with Gasteiger partial charge in [-0.2, -0.15) is 0 Å². The number of pyridine rings is 1. The lowest BCUT2D eigenvalue weighted by atomic mass is 10.2. The van der Waals surface area contributed by atoms with E-state index in [0.717, 1.165) is 0 Å². The molecular formula is C16H11ClN4O2. The number of aromatic nitrogens is 3. The first-order chi connectivity index (χ1) is 11.1. The Hall–Kier alpha value is -2.99. The van der Waals surface area contributed by atoms with Crippen molar-refractivity contribution in [2.45, 2.75) is 0 Å². The lowest BCUT2D eigenvalue weighted by molar-refractivity contribution is 0.102. The minimum absolute atomic E-state index is 0.137. The SMILES string of the molecule is O=C(Nc1cnc(-c2cccc(O)c2)nc1)c1ccnc(Cl)c1. The number of aromatic hydroxyl groups is 1. The number of hydrogen-bond donors (Lipinski definition) is 2. The van der Waals surface area contributed by atoms with Crippen LogP contribution >= 0.6 is 11.6 Å². The van der Waals surface area contributed by atoms with Gasteiger partial charge in [0.1, 0.15) is 10.9 Å². The summed E-state index contributed by atoms with van der Waals surface area (Å²) >= 11 is 5.76. The largest absolute Gasteiger partial charge is 0.508 e. The van der Waals surface area contributed by atoms with E-state index in [1.165, 1.54) is 24.7 Å². The van der Waals surface area contributed by atoms with Gasteiger partial charge in [-0.25, -0.2) is 15.0 Å². The Morgan fingerprint density at radius 1 is 1.09 bits per heavy atom. The zero-order valence-corrected chi connectivity index (χ0v) is 12.5. The number of nitrogens with one attached hydrogen (secondary N) is 1. The lowest BCUT2D eigenvalue weighted by Gasteiger charge is -2.06. The van der Waals surface area contributed by atoms with Crippen LogP contribution in [0, 0.1) is 0 Å².